The summed E-state index contributed by atoms with van der Waals surface area (Å²) in [7, 11) is 0. The Morgan fingerprint density at radius 1 is 0.620 bits per heavy atom. The minimum atomic E-state index is -1.60. The van der Waals surface area contributed by atoms with Crippen molar-refractivity contribution in [2.24, 2.45) is 0 Å². The van der Waals surface area contributed by atoms with Crippen LogP contribution in [-0.2, 0) is 14.3 Å². The summed E-state index contributed by atoms with van der Waals surface area (Å²) in [4.78, 5) is 12.9. The topological polar surface area (TPSA) is 169 Å². The molecule has 0 saturated carbocycles. The zero-order valence-corrected chi connectivity index (χ0v) is 32.0. The van der Waals surface area contributed by atoms with Gasteiger partial charge in [0.2, 0.25) is 5.91 Å². The maximum atomic E-state index is 12.9. The van der Waals surface area contributed by atoms with Gasteiger partial charge in [0.1, 0.15) is 30.5 Å². The molecule has 1 rings (SSSR count). The molecule has 2 unspecified atom stereocenters. The summed E-state index contributed by atoms with van der Waals surface area (Å²) in [6.07, 6.45) is 21.2. The fraction of sp³-hybridized carbons (Fsp3) is 0.975. The molecular formula is C40H79NO9. The molecule has 0 bridgehead atoms. The number of hydrogen-bond acceptors (Lipinski definition) is 9. The molecule has 10 nitrogen and oxygen atoms in total. The Labute approximate surface area is 305 Å². The van der Waals surface area contributed by atoms with Gasteiger partial charge in [0.15, 0.2) is 6.29 Å². The molecule has 0 spiro atoms. The average Bonchev–Trinajstić information content (AvgIpc) is 3.11. The van der Waals surface area contributed by atoms with Crippen LogP contribution < -0.4 is 5.32 Å². The third-order valence-corrected chi connectivity index (χ3v) is 10.3. The van der Waals surface area contributed by atoms with E-state index in [2.05, 4.69) is 19.2 Å². The van der Waals surface area contributed by atoms with Gasteiger partial charge in [0.25, 0.3) is 0 Å². The summed E-state index contributed by atoms with van der Waals surface area (Å²) in [5.41, 5.74) is 0. The molecule has 7 N–H and O–H groups in total. The van der Waals surface area contributed by atoms with Crippen LogP contribution in [0.1, 0.15) is 187 Å². The molecular weight excluding hydrogens is 638 g/mol. The van der Waals surface area contributed by atoms with Crippen molar-refractivity contribution in [1.82, 2.24) is 5.32 Å². The van der Waals surface area contributed by atoms with Crippen LogP contribution in [-0.4, -0.2) is 98.7 Å². The second kappa shape index (κ2) is 31.7. The van der Waals surface area contributed by atoms with Crippen LogP contribution >= 0.6 is 0 Å². The Kier molecular flexibility index (Phi) is 29.9. The molecule has 1 saturated heterocycles. The van der Waals surface area contributed by atoms with Crippen LogP contribution in [0.2, 0.25) is 0 Å². The Balaban J connectivity index is 2.41. The van der Waals surface area contributed by atoms with E-state index in [1.54, 1.807) is 0 Å². The highest BCUT2D eigenvalue weighted by Crippen LogP contribution is 2.23. The molecule has 8 atom stereocenters. The molecule has 0 aromatic rings. The standard InChI is InChI=1S/C40H79NO9/c1-3-5-7-9-11-13-14-15-16-17-18-19-21-23-25-27-29-35(44)41-32(31-49-40-39(48)38(47)37(46)34(30-42)50-40)36(45)33(43)28-26-24-22-20-12-10-8-6-4-2/h32-34,36-40,42-43,45-48H,3-31H2,1-2H3,(H,41,44)/t32-,33+,34+,36-,37-,38?,39?,40+/m0/s1. The maximum absolute atomic E-state index is 12.9. The molecule has 1 fully saturated rings. The minimum Gasteiger partial charge on any atom is -0.394 e. The van der Waals surface area contributed by atoms with E-state index in [4.69, 9.17) is 9.47 Å². The Morgan fingerprint density at radius 3 is 1.48 bits per heavy atom. The SMILES string of the molecule is CCCCCCCCCCCCCCCCCCC(=O)N[C@@H](CO[C@@H]1O[C@H](CO)[C@H](O)C(O)C1O)[C@H](O)[C@H](O)CCCCCCCCCCC. The van der Waals surface area contributed by atoms with Crippen LogP contribution in [0.25, 0.3) is 0 Å². The number of ether oxygens (including phenoxy) is 2. The lowest BCUT2D eigenvalue weighted by atomic mass is 9.98. The first-order chi connectivity index (χ1) is 24.3. The van der Waals surface area contributed by atoms with Crippen molar-refractivity contribution in [3.05, 3.63) is 0 Å². The highest BCUT2D eigenvalue weighted by atomic mass is 16.7. The molecule has 1 heterocycles. The summed E-state index contributed by atoms with van der Waals surface area (Å²) in [5, 5.41) is 64.8. The van der Waals surface area contributed by atoms with Crippen molar-refractivity contribution in [2.45, 2.75) is 236 Å². The van der Waals surface area contributed by atoms with Crippen molar-refractivity contribution >= 4 is 5.91 Å². The van der Waals surface area contributed by atoms with Crippen LogP contribution in [0.15, 0.2) is 0 Å². The fourth-order valence-corrected chi connectivity index (χ4v) is 6.84. The quantitative estimate of drug-likeness (QED) is 0.0364. The molecule has 1 aliphatic heterocycles. The van der Waals surface area contributed by atoms with Gasteiger partial charge in [-0.15, -0.1) is 0 Å². The average molecular weight is 718 g/mol. The predicted molar refractivity (Wildman–Crippen MR) is 200 cm³/mol. The van der Waals surface area contributed by atoms with E-state index >= 15 is 0 Å². The lowest BCUT2D eigenvalue weighted by Crippen LogP contribution is -2.60. The van der Waals surface area contributed by atoms with E-state index in [9.17, 15) is 35.4 Å². The number of aliphatic hydroxyl groups excluding tert-OH is 6. The van der Waals surface area contributed by atoms with Gasteiger partial charge in [0.05, 0.1) is 25.4 Å². The van der Waals surface area contributed by atoms with Gasteiger partial charge in [-0.2, -0.15) is 0 Å². The number of carbonyl (C=O) groups excluding carboxylic acids is 1. The first-order valence-electron chi connectivity index (χ1n) is 20.8. The zero-order valence-electron chi connectivity index (χ0n) is 32.0. The minimum absolute atomic E-state index is 0.257. The normalized spacial score (nSPS) is 22.8. The van der Waals surface area contributed by atoms with E-state index in [1.807, 2.05) is 0 Å². The number of hydrogen-bond donors (Lipinski definition) is 7. The van der Waals surface area contributed by atoms with Crippen LogP contribution in [0, 0.1) is 0 Å². The molecule has 0 aliphatic carbocycles. The number of rotatable bonds is 34. The zero-order chi connectivity index (χ0) is 36.8. The third kappa shape index (κ3) is 22.3. The molecule has 1 amide bonds. The molecule has 1 aliphatic rings. The summed E-state index contributed by atoms with van der Waals surface area (Å²) < 4.78 is 11.1. The van der Waals surface area contributed by atoms with Gasteiger partial charge >= 0.3 is 0 Å². The molecule has 0 aromatic heterocycles. The van der Waals surface area contributed by atoms with Crippen LogP contribution in [0.3, 0.4) is 0 Å². The van der Waals surface area contributed by atoms with Crippen molar-refractivity contribution in [3.63, 3.8) is 0 Å². The summed E-state index contributed by atoms with van der Waals surface area (Å²) in [5.74, 6) is -0.257. The second-order valence-corrected chi connectivity index (χ2v) is 14.9. The van der Waals surface area contributed by atoms with E-state index in [1.165, 1.54) is 116 Å². The third-order valence-electron chi connectivity index (χ3n) is 10.3. The Hall–Kier alpha value is -0.850. The van der Waals surface area contributed by atoms with Gasteiger partial charge < -0.3 is 45.4 Å². The lowest BCUT2D eigenvalue weighted by molar-refractivity contribution is -0.303. The molecule has 50 heavy (non-hydrogen) atoms. The van der Waals surface area contributed by atoms with E-state index in [0.717, 1.165) is 44.9 Å². The van der Waals surface area contributed by atoms with Crippen molar-refractivity contribution < 1.29 is 44.9 Å². The van der Waals surface area contributed by atoms with Crippen molar-refractivity contribution in [1.29, 1.82) is 0 Å². The number of amides is 1. The van der Waals surface area contributed by atoms with Gasteiger partial charge in [-0.25, -0.2) is 0 Å². The molecule has 0 radical (unpaired) electrons. The van der Waals surface area contributed by atoms with E-state index < -0.39 is 55.6 Å². The highest BCUT2D eigenvalue weighted by molar-refractivity contribution is 5.76. The first-order valence-corrected chi connectivity index (χ1v) is 20.8. The largest absolute Gasteiger partial charge is 0.394 e. The van der Waals surface area contributed by atoms with Crippen molar-refractivity contribution in [2.75, 3.05) is 13.2 Å². The molecule has 0 aromatic carbocycles. The van der Waals surface area contributed by atoms with Crippen LogP contribution in [0.4, 0.5) is 0 Å². The summed E-state index contributed by atoms with van der Waals surface area (Å²) in [6.45, 7) is 3.57. The van der Waals surface area contributed by atoms with Crippen LogP contribution in [0.5, 0.6) is 0 Å². The number of aliphatic hydroxyl groups is 6. The highest BCUT2D eigenvalue weighted by Gasteiger charge is 2.44. The monoisotopic (exact) mass is 718 g/mol. The van der Waals surface area contributed by atoms with Gasteiger partial charge in [-0.1, -0.05) is 168 Å². The second-order valence-electron chi connectivity index (χ2n) is 14.9. The Morgan fingerprint density at radius 2 is 1.04 bits per heavy atom. The van der Waals surface area contributed by atoms with Gasteiger partial charge in [-0.05, 0) is 12.8 Å². The molecule has 298 valence electrons. The fourth-order valence-electron chi connectivity index (χ4n) is 6.84. The van der Waals surface area contributed by atoms with Gasteiger partial charge in [0, 0.05) is 6.42 Å². The first kappa shape index (κ1) is 47.2. The summed E-state index contributed by atoms with van der Waals surface area (Å²) in [6, 6.07) is -0.982. The molecule has 10 heteroatoms. The number of unbranched alkanes of at least 4 members (excludes halogenated alkanes) is 23. The number of carbonyl (C=O) groups is 1. The smallest absolute Gasteiger partial charge is 0.220 e. The Bertz CT molecular complexity index is 773. The van der Waals surface area contributed by atoms with E-state index in [-0.39, 0.29) is 18.9 Å². The van der Waals surface area contributed by atoms with E-state index in [0.29, 0.717) is 6.42 Å². The summed E-state index contributed by atoms with van der Waals surface area (Å²) >= 11 is 0. The van der Waals surface area contributed by atoms with Crippen molar-refractivity contribution in [3.8, 4) is 0 Å². The lowest BCUT2D eigenvalue weighted by Gasteiger charge is -2.40. The van der Waals surface area contributed by atoms with Gasteiger partial charge in [-0.3, -0.25) is 4.79 Å². The predicted octanol–water partition coefficient (Wildman–Crippen LogP) is 6.58. The number of nitrogens with one attached hydrogen (secondary N) is 1. The maximum Gasteiger partial charge on any atom is 0.220 e.